The van der Waals surface area contributed by atoms with E-state index in [4.69, 9.17) is 9.47 Å². The van der Waals surface area contributed by atoms with Crippen molar-refractivity contribution >= 4 is 33.8 Å². The molecule has 1 saturated heterocycles. The summed E-state index contributed by atoms with van der Waals surface area (Å²) in [5.41, 5.74) is 0.188. The van der Waals surface area contributed by atoms with Crippen molar-refractivity contribution in [3.05, 3.63) is 28.7 Å². The van der Waals surface area contributed by atoms with Crippen LogP contribution in [-0.2, 0) is 9.47 Å². The van der Waals surface area contributed by atoms with Gasteiger partial charge in [-0.1, -0.05) is 12.1 Å². The van der Waals surface area contributed by atoms with Crippen molar-refractivity contribution in [3.63, 3.8) is 0 Å². The van der Waals surface area contributed by atoms with Gasteiger partial charge in [0.15, 0.2) is 0 Å². The lowest BCUT2D eigenvalue weighted by Crippen LogP contribution is -2.42. The van der Waals surface area contributed by atoms with E-state index in [1.807, 2.05) is 39.0 Å². The number of carbonyl (C=O) groups is 2. The Morgan fingerprint density at radius 2 is 1.88 bits per heavy atom. The van der Waals surface area contributed by atoms with Crippen LogP contribution in [-0.4, -0.2) is 42.4 Å². The van der Waals surface area contributed by atoms with Crippen molar-refractivity contribution in [3.8, 4) is 0 Å². The normalized spacial score (nSPS) is 15.6. The van der Waals surface area contributed by atoms with E-state index in [2.05, 4.69) is 21.2 Å². The number of hydrogen-bond acceptors (Lipinski definition) is 4. The number of likely N-dealkylation sites (tertiary alicyclic amines) is 1. The Bertz CT molecular complexity index is 607. The summed E-state index contributed by atoms with van der Waals surface area (Å²) in [5, 5.41) is 2.71. The molecule has 25 heavy (non-hydrogen) atoms. The van der Waals surface area contributed by atoms with Crippen LogP contribution in [0.1, 0.15) is 33.6 Å². The van der Waals surface area contributed by atoms with Crippen LogP contribution in [0.3, 0.4) is 0 Å². The minimum atomic E-state index is -0.485. The fourth-order valence-corrected chi connectivity index (χ4v) is 2.89. The first kappa shape index (κ1) is 19.6. The molecule has 0 aliphatic carbocycles. The van der Waals surface area contributed by atoms with Gasteiger partial charge in [0.1, 0.15) is 5.60 Å². The van der Waals surface area contributed by atoms with Crippen LogP contribution >= 0.6 is 15.9 Å². The molecule has 0 spiro atoms. The highest BCUT2D eigenvalue weighted by atomic mass is 79.9. The molecule has 1 aromatic rings. The summed E-state index contributed by atoms with van der Waals surface area (Å²) in [5.74, 6) is 0.253. The quantitative estimate of drug-likeness (QED) is 0.784. The van der Waals surface area contributed by atoms with Gasteiger partial charge in [0.05, 0.1) is 12.3 Å². The number of rotatable bonds is 3. The third-order valence-electron chi connectivity index (χ3n) is 3.83. The van der Waals surface area contributed by atoms with Gasteiger partial charge in [-0.3, -0.25) is 5.32 Å². The number of benzene rings is 1. The van der Waals surface area contributed by atoms with E-state index in [0.29, 0.717) is 25.4 Å². The van der Waals surface area contributed by atoms with Crippen LogP contribution < -0.4 is 5.32 Å². The molecule has 0 unspecified atom stereocenters. The molecular weight excluding hydrogens is 388 g/mol. The largest absolute Gasteiger partial charge is 0.449 e. The number of hydrogen-bond donors (Lipinski definition) is 1. The number of anilines is 1. The molecule has 0 saturated carbocycles. The standard InChI is InChI=1S/C18H25BrN2O4/c1-18(2,3)25-17(23)21-10-8-13(9-11-21)12-24-16(22)20-15-7-5-4-6-14(15)19/h4-7,13H,8-12H2,1-3H3,(H,20,22). The second-order valence-corrected chi connectivity index (χ2v) is 7.97. The van der Waals surface area contributed by atoms with Crippen LogP contribution in [0.5, 0.6) is 0 Å². The third-order valence-corrected chi connectivity index (χ3v) is 4.52. The number of nitrogens with one attached hydrogen (secondary N) is 1. The predicted octanol–water partition coefficient (Wildman–Crippen LogP) is 4.64. The van der Waals surface area contributed by atoms with Crippen LogP contribution in [0.25, 0.3) is 0 Å². The fraction of sp³-hybridized carbons (Fsp3) is 0.556. The molecule has 1 fully saturated rings. The summed E-state index contributed by atoms with van der Waals surface area (Å²) >= 11 is 3.37. The molecule has 1 N–H and O–H groups in total. The molecule has 1 aromatic carbocycles. The monoisotopic (exact) mass is 412 g/mol. The zero-order valence-corrected chi connectivity index (χ0v) is 16.5. The molecular formula is C18H25BrN2O4. The average molecular weight is 413 g/mol. The topological polar surface area (TPSA) is 67.9 Å². The second kappa shape index (κ2) is 8.56. The maximum atomic E-state index is 12.0. The number of nitrogens with zero attached hydrogens (tertiary/aromatic N) is 1. The van der Waals surface area contributed by atoms with Gasteiger partial charge < -0.3 is 14.4 Å². The van der Waals surface area contributed by atoms with Gasteiger partial charge in [-0.05, 0) is 67.6 Å². The maximum absolute atomic E-state index is 12.0. The highest BCUT2D eigenvalue weighted by molar-refractivity contribution is 9.10. The van der Waals surface area contributed by atoms with Gasteiger partial charge in [0, 0.05) is 17.6 Å². The van der Waals surface area contributed by atoms with Crippen molar-refractivity contribution in [1.82, 2.24) is 4.90 Å². The van der Waals surface area contributed by atoms with E-state index in [-0.39, 0.29) is 12.0 Å². The Balaban J connectivity index is 1.71. The van der Waals surface area contributed by atoms with Gasteiger partial charge in [-0.15, -0.1) is 0 Å². The summed E-state index contributed by atoms with van der Waals surface area (Å²) < 4.78 is 11.5. The number of amides is 2. The Labute approximate surface area is 157 Å². The van der Waals surface area contributed by atoms with Gasteiger partial charge >= 0.3 is 12.2 Å². The summed E-state index contributed by atoms with van der Waals surface area (Å²) in [4.78, 5) is 25.6. The van der Waals surface area contributed by atoms with Crippen molar-refractivity contribution in [1.29, 1.82) is 0 Å². The van der Waals surface area contributed by atoms with Crippen LogP contribution in [0.4, 0.5) is 15.3 Å². The average Bonchev–Trinajstić information content (AvgIpc) is 2.54. The van der Waals surface area contributed by atoms with Gasteiger partial charge in [-0.25, -0.2) is 9.59 Å². The Hall–Kier alpha value is -1.76. The van der Waals surface area contributed by atoms with Crippen LogP contribution in [0.2, 0.25) is 0 Å². The molecule has 2 amide bonds. The van der Waals surface area contributed by atoms with E-state index in [0.717, 1.165) is 17.3 Å². The van der Waals surface area contributed by atoms with Gasteiger partial charge in [-0.2, -0.15) is 0 Å². The lowest BCUT2D eigenvalue weighted by atomic mass is 9.98. The maximum Gasteiger partial charge on any atom is 0.411 e. The zero-order valence-electron chi connectivity index (χ0n) is 14.9. The van der Waals surface area contributed by atoms with Crippen molar-refractivity contribution in [2.24, 2.45) is 5.92 Å². The summed E-state index contributed by atoms with van der Waals surface area (Å²) in [6, 6.07) is 7.36. The summed E-state index contributed by atoms with van der Waals surface area (Å²) in [6.45, 7) is 7.15. The summed E-state index contributed by atoms with van der Waals surface area (Å²) in [7, 11) is 0. The van der Waals surface area contributed by atoms with E-state index in [9.17, 15) is 9.59 Å². The smallest absolute Gasteiger partial charge is 0.411 e. The predicted molar refractivity (Wildman–Crippen MR) is 99.6 cm³/mol. The van der Waals surface area contributed by atoms with Crippen molar-refractivity contribution < 1.29 is 19.1 Å². The number of halogens is 1. The first-order valence-corrected chi connectivity index (χ1v) is 9.20. The minimum Gasteiger partial charge on any atom is -0.449 e. The van der Waals surface area contributed by atoms with Crippen LogP contribution in [0.15, 0.2) is 28.7 Å². The number of ether oxygens (including phenoxy) is 2. The molecule has 0 atom stereocenters. The van der Waals surface area contributed by atoms with Gasteiger partial charge in [0.2, 0.25) is 0 Å². The number of para-hydroxylation sites is 1. The van der Waals surface area contributed by atoms with Crippen molar-refractivity contribution in [2.75, 3.05) is 25.0 Å². The minimum absolute atomic E-state index is 0.253. The molecule has 0 aromatic heterocycles. The molecule has 6 nitrogen and oxygen atoms in total. The highest BCUT2D eigenvalue weighted by Gasteiger charge is 2.27. The number of carbonyl (C=O) groups excluding carboxylic acids is 2. The molecule has 1 aliphatic heterocycles. The SMILES string of the molecule is CC(C)(C)OC(=O)N1CCC(COC(=O)Nc2ccccc2Br)CC1. The lowest BCUT2D eigenvalue weighted by molar-refractivity contribution is 0.0153. The van der Waals surface area contributed by atoms with Crippen molar-refractivity contribution in [2.45, 2.75) is 39.2 Å². The Morgan fingerprint density at radius 3 is 2.48 bits per heavy atom. The lowest BCUT2D eigenvalue weighted by Gasteiger charge is -2.33. The molecule has 1 aliphatic rings. The van der Waals surface area contributed by atoms with E-state index < -0.39 is 11.7 Å². The highest BCUT2D eigenvalue weighted by Crippen LogP contribution is 2.22. The molecule has 2 rings (SSSR count). The van der Waals surface area contributed by atoms with E-state index >= 15 is 0 Å². The second-order valence-electron chi connectivity index (χ2n) is 7.11. The fourth-order valence-electron chi connectivity index (χ4n) is 2.51. The molecule has 7 heteroatoms. The molecule has 1 heterocycles. The van der Waals surface area contributed by atoms with Crippen LogP contribution in [0, 0.1) is 5.92 Å². The molecule has 0 radical (unpaired) electrons. The van der Waals surface area contributed by atoms with E-state index in [1.165, 1.54) is 0 Å². The zero-order chi connectivity index (χ0) is 18.4. The molecule has 0 bridgehead atoms. The van der Waals surface area contributed by atoms with E-state index in [1.54, 1.807) is 11.0 Å². The number of piperidine rings is 1. The van der Waals surface area contributed by atoms with Gasteiger partial charge in [0.25, 0.3) is 0 Å². The summed E-state index contributed by atoms with van der Waals surface area (Å²) in [6.07, 6.45) is 0.836. The third kappa shape index (κ3) is 6.57. The Kier molecular flexibility index (Phi) is 6.70. The first-order valence-electron chi connectivity index (χ1n) is 8.41. The molecule has 138 valence electrons. The first-order chi connectivity index (χ1) is 11.7. The Morgan fingerprint density at radius 1 is 1.24 bits per heavy atom.